The van der Waals surface area contributed by atoms with Crippen LogP contribution in [0, 0.1) is 0 Å². The van der Waals surface area contributed by atoms with Crippen molar-refractivity contribution in [2.75, 3.05) is 20.1 Å². The summed E-state index contributed by atoms with van der Waals surface area (Å²) < 4.78 is 12.1. The highest BCUT2D eigenvalue weighted by Crippen LogP contribution is 2.37. The highest BCUT2D eigenvalue weighted by Gasteiger charge is 2.52. The molecule has 1 N–H and O–H groups in total. The van der Waals surface area contributed by atoms with E-state index >= 15 is 0 Å². The van der Waals surface area contributed by atoms with Crippen LogP contribution < -0.4 is 10.8 Å². The summed E-state index contributed by atoms with van der Waals surface area (Å²) in [5, 5.41) is 3.77. The molecule has 26 heavy (non-hydrogen) atoms. The van der Waals surface area contributed by atoms with Gasteiger partial charge in [-0.3, -0.25) is 4.79 Å². The highest BCUT2D eigenvalue weighted by molar-refractivity contribution is 6.65. The molecule has 2 heterocycles. The largest absolute Gasteiger partial charge is 0.496 e. The van der Waals surface area contributed by atoms with Crippen molar-refractivity contribution in [2.24, 2.45) is 0 Å². The van der Waals surface area contributed by atoms with E-state index < -0.39 is 18.3 Å². The lowest BCUT2D eigenvalue weighted by atomic mass is 9.78. The number of benzene rings is 1. The molecule has 1 aromatic carbocycles. The molecule has 2 aliphatic heterocycles. The van der Waals surface area contributed by atoms with Gasteiger partial charge in [-0.05, 0) is 52.8 Å². The van der Waals surface area contributed by atoms with Gasteiger partial charge in [0.25, 0.3) is 5.91 Å². The standard InChI is InChI=1S/C18H26BClN2O3.ClH/c1-17(2)18(3,4)25-19(24-17)14-7-6-12(10-15(14)20)16(23)22(5)13-8-9-21-11-13;/h6-7,10,13,21H,8-9,11H2,1-5H3;1H/t13-;/m0./s1. The molecular weight excluding hydrogens is 374 g/mol. The lowest BCUT2D eigenvalue weighted by Crippen LogP contribution is -2.41. The molecule has 1 amide bonds. The second-order valence-corrected chi connectivity index (χ2v) is 8.29. The summed E-state index contributed by atoms with van der Waals surface area (Å²) >= 11 is 6.46. The SMILES string of the molecule is CN(C(=O)c1ccc(B2OC(C)(C)C(C)(C)O2)c(Cl)c1)[C@H]1CCNC1.Cl. The Morgan fingerprint density at radius 2 is 1.88 bits per heavy atom. The van der Waals surface area contributed by atoms with Crippen LogP contribution in [0.5, 0.6) is 0 Å². The van der Waals surface area contributed by atoms with E-state index in [-0.39, 0.29) is 24.4 Å². The second kappa shape index (κ2) is 7.68. The number of carbonyl (C=O) groups is 1. The van der Waals surface area contributed by atoms with E-state index in [9.17, 15) is 4.79 Å². The normalized spacial score (nSPS) is 23.6. The molecule has 0 spiro atoms. The molecule has 2 aliphatic rings. The molecule has 0 unspecified atom stereocenters. The highest BCUT2D eigenvalue weighted by atomic mass is 35.5. The first kappa shape index (κ1) is 21.5. The van der Waals surface area contributed by atoms with Crippen molar-refractivity contribution in [3.63, 3.8) is 0 Å². The van der Waals surface area contributed by atoms with E-state index in [1.807, 2.05) is 40.8 Å². The van der Waals surface area contributed by atoms with Crippen LogP contribution in [0.1, 0.15) is 44.5 Å². The fourth-order valence-corrected chi connectivity index (χ4v) is 3.43. The van der Waals surface area contributed by atoms with Crippen LogP contribution in [0.3, 0.4) is 0 Å². The van der Waals surface area contributed by atoms with Gasteiger partial charge in [0.2, 0.25) is 0 Å². The molecule has 0 saturated carbocycles. The Morgan fingerprint density at radius 1 is 1.27 bits per heavy atom. The smallest absolute Gasteiger partial charge is 0.399 e. The first-order chi connectivity index (χ1) is 11.6. The average Bonchev–Trinajstić information content (AvgIpc) is 3.12. The molecule has 0 radical (unpaired) electrons. The number of halogens is 2. The van der Waals surface area contributed by atoms with E-state index in [1.165, 1.54) is 0 Å². The van der Waals surface area contributed by atoms with Crippen LogP contribution in [0.4, 0.5) is 0 Å². The molecule has 5 nitrogen and oxygen atoms in total. The van der Waals surface area contributed by atoms with E-state index in [2.05, 4.69) is 5.32 Å². The Labute approximate surface area is 167 Å². The Balaban J connectivity index is 0.00000243. The summed E-state index contributed by atoms with van der Waals surface area (Å²) in [5.41, 5.74) is 0.484. The van der Waals surface area contributed by atoms with Crippen molar-refractivity contribution >= 4 is 42.5 Å². The van der Waals surface area contributed by atoms with Gasteiger partial charge in [-0.15, -0.1) is 12.4 Å². The Bertz CT molecular complexity index is 662. The van der Waals surface area contributed by atoms with Crippen LogP contribution >= 0.6 is 24.0 Å². The first-order valence-electron chi connectivity index (χ1n) is 8.75. The van der Waals surface area contributed by atoms with Gasteiger partial charge in [0, 0.05) is 35.7 Å². The summed E-state index contributed by atoms with van der Waals surface area (Å²) in [6.07, 6.45) is 0.974. The third-order valence-electron chi connectivity index (χ3n) is 5.66. The molecule has 3 rings (SSSR count). The predicted octanol–water partition coefficient (Wildman–Crippen LogP) is 2.49. The van der Waals surface area contributed by atoms with Crippen molar-refractivity contribution < 1.29 is 14.1 Å². The summed E-state index contributed by atoms with van der Waals surface area (Å²) in [7, 11) is 1.31. The third kappa shape index (κ3) is 3.90. The number of hydrogen-bond acceptors (Lipinski definition) is 4. The maximum atomic E-state index is 12.7. The van der Waals surface area contributed by atoms with Crippen LogP contribution in [-0.4, -0.2) is 55.3 Å². The predicted molar refractivity (Wildman–Crippen MR) is 108 cm³/mol. The Kier molecular flexibility index (Phi) is 6.36. The maximum Gasteiger partial charge on any atom is 0.496 e. The molecule has 144 valence electrons. The van der Waals surface area contributed by atoms with E-state index in [1.54, 1.807) is 17.0 Å². The van der Waals surface area contributed by atoms with Crippen molar-refractivity contribution in [3.05, 3.63) is 28.8 Å². The first-order valence-corrected chi connectivity index (χ1v) is 9.13. The van der Waals surface area contributed by atoms with Gasteiger partial charge in [0.1, 0.15) is 0 Å². The lowest BCUT2D eigenvalue weighted by molar-refractivity contribution is 0.00578. The zero-order valence-electron chi connectivity index (χ0n) is 16.0. The molecule has 0 bridgehead atoms. The van der Waals surface area contributed by atoms with Gasteiger partial charge in [-0.1, -0.05) is 17.7 Å². The lowest BCUT2D eigenvalue weighted by Gasteiger charge is -2.32. The van der Waals surface area contributed by atoms with Gasteiger partial charge >= 0.3 is 7.12 Å². The summed E-state index contributed by atoms with van der Waals surface area (Å²) in [6.45, 7) is 9.80. The van der Waals surface area contributed by atoms with Gasteiger partial charge in [-0.2, -0.15) is 0 Å². The zero-order chi connectivity index (χ0) is 18.4. The molecule has 0 aromatic heterocycles. The molecular formula is C18H27BCl2N2O3. The van der Waals surface area contributed by atoms with Gasteiger partial charge < -0.3 is 19.5 Å². The summed E-state index contributed by atoms with van der Waals surface area (Å²) in [4.78, 5) is 14.5. The number of hydrogen-bond donors (Lipinski definition) is 1. The average molecular weight is 401 g/mol. The topological polar surface area (TPSA) is 50.8 Å². The second-order valence-electron chi connectivity index (χ2n) is 7.89. The van der Waals surface area contributed by atoms with Gasteiger partial charge in [0.05, 0.1) is 11.2 Å². The van der Waals surface area contributed by atoms with Crippen LogP contribution in [0.15, 0.2) is 18.2 Å². The van der Waals surface area contributed by atoms with Crippen LogP contribution in [0.25, 0.3) is 0 Å². The van der Waals surface area contributed by atoms with E-state index in [0.717, 1.165) is 25.0 Å². The van der Waals surface area contributed by atoms with E-state index in [0.29, 0.717) is 10.6 Å². The third-order valence-corrected chi connectivity index (χ3v) is 5.98. The van der Waals surface area contributed by atoms with Crippen molar-refractivity contribution in [1.29, 1.82) is 0 Å². The summed E-state index contributed by atoms with van der Waals surface area (Å²) in [6, 6.07) is 5.57. The monoisotopic (exact) mass is 400 g/mol. The number of nitrogens with zero attached hydrogens (tertiary/aromatic N) is 1. The van der Waals surface area contributed by atoms with Crippen LogP contribution in [0.2, 0.25) is 5.02 Å². The molecule has 1 atom stereocenters. The fraction of sp³-hybridized carbons (Fsp3) is 0.611. The Hall–Kier alpha value is -0.785. The minimum absolute atomic E-state index is 0. The van der Waals surface area contributed by atoms with Crippen LogP contribution in [-0.2, 0) is 9.31 Å². The van der Waals surface area contributed by atoms with Gasteiger partial charge in [0.15, 0.2) is 0 Å². The number of nitrogens with one attached hydrogen (secondary N) is 1. The minimum Gasteiger partial charge on any atom is -0.399 e. The molecule has 2 saturated heterocycles. The number of carbonyl (C=O) groups excluding carboxylic acids is 1. The fourth-order valence-electron chi connectivity index (χ4n) is 3.16. The number of rotatable bonds is 3. The van der Waals surface area contributed by atoms with Crippen molar-refractivity contribution in [1.82, 2.24) is 10.2 Å². The van der Waals surface area contributed by atoms with Gasteiger partial charge in [-0.25, -0.2) is 0 Å². The number of likely N-dealkylation sites (N-methyl/N-ethyl adjacent to an activating group) is 1. The van der Waals surface area contributed by atoms with Crippen molar-refractivity contribution in [2.45, 2.75) is 51.4 Å². The molecule has 1 aromatic rings. The minimum atomic E-state index is -0.529. The zero-order valence-corrected chi connectivity index (χ0v) is 17.5. The molecule has 8 heteroatoms. The summed E-state index contributed by atoms with van der Waals surface area (Å²) in [5.74, 6) is -0.0175. The van der Waals surface area contributed by atoms with E-state index in [4.69, 9.17) is 20.9 Å². The maximum absolute atomic E-state index is 12.7. The quantitative estimate of drug-likeness (QED) is 0.792. The molecule has 2 fully saturated rings. The Morgan fingerprint density at radius 3 is 2.38 bits per heavy atom. The molecule has 0 aliphatic carbocycles. The van der Waals surface area contributed by atoms with Crippen molar-refractivity contribution in [3.8, 4) is 0 Å². The number of amides is 1.